The van der Waals surface area contributed by atoms with Crippen LogP contribution >= 0.6 is 0 Å². The second-order valence-corrected chi connectivity index (χ2v) is 6.00. The van der Waals surface area contributed by atoms with Crippen LogP contribution in [0.3, 0.4) is 0 Å². The number of rotatable bonds is 5. The van der Waals surface area contributed by atoms with Gasteiger partial charge >= 0.3 is 0 Å². The minimum atomic E-state index is -1.96. The molecule has 0 amide bonds. The Labute approximate surface area is 137 Å². The first-order valence-electron chi connectivity index (χ1n) is 7.21. The summed E-state index contributed by atoms with van der Waals surface area (Å²) >= 11 is -1.96. The molecular formula is C19H16O3S. The van der Waals surface area contributed by atoms with Gasteiger partial charge in [-0.25, -0.2) is 4.21 Å². The topological polar surface area (TPSA) is 46.5 Å². The molecular weight excluding hydrogens is 308 g/mol. The highest BCUT2D eigenvalue weighted by molar-refractivity contribution is 7.79. The summed E-state index contributed by atoms with van der Waals surface area (Å²) in [5.41, 5.74) is 3.38. The quantitative estimate of drug-likeness (QED) is 0.702. The highest BCUT2D eigenvalue weighted by Gasteiger charge is 2.05. The van der Waals surface area contributed by atoms with Crippen molar-refractivity contribution in [2.75, 3.05) is 0 Å². The number of hydrogen-bond acceptors (Lipinski definition) is 2. The first-order chi connectivity index (χ1) is 11.2. The zero-order valence-corrected chi connectivity index (χ0v) is 13.2. The zero-order valence-electron chi connectivity index (χ0n) is 12.4. The molecule has 1 atom stereocenters. The first-order valence-corrected chi connectivity index (χ1v) is 8.32. The third-order valence-electron chi connectivity index (χ3n) is 3.52. The van der Waals surface area contributed by atoms with Gasteiger partial charge in [-0.05, 0) is 41.0 Å². The van der Waals surface area contributed by atoms with Gasteiger partial charge in [0, 0.05) is 0 Å². The molecule has 1 unspecified atom stereocenters. The van der Waals surface area contributed by atoms with Gasteiger partial charge in [-0.1, -0.05) is 54.6 Å². The van der Waals surface area contributed by atoms with Gasteiger partial charge in [0.1, 0.15) is 12.4 Å². The molecule has 3 aromatic carbocycles. The van der Waals surface area contributed by atoms with E-state index in [0.717, 1.165) is 16.7 Å². The monoisotopic (exact) mass is 324 g/mol. The van der Waals surface area contributed by atoms with Gasteiger partial charge in [-0.3, -0.25) is 0 Å². The van der Waals surface area contributed by atoms with E-state index < -0.39 is 11.1 Å². The van der Waals surface area contributed by atoms with Gasteiger partial charge in [0.15, 0.2) is 11.1 Å². The fraction of sp³-hybridized carbons (Fsp3) is 0.0526. The van der Waals surface area contributed by atoms with Crippen LogP contribution in [0.25, 0.3) is 11.1 Å². The van der Waals surface area contributed by atoms with E-state index >= 15 is 0 Å². The molecule has 0 aliphatic carbocycles. The normalized spacial score (nSPS) is 11.9. The van der Waals surface area contributed by atoms with Crippen LogP contribution in [0.15, 0.2) is 83.8 Å². The van der Waals surface area contributed by atoms with E-state index in [0.29, 0.717) is 17.3 Å². The van der Waals surface area contributed by atoms with Crippen LogP contribution in [-0.4, -0.2) is 8.76 Å². The number of ether oxygens (including phenoxy) is 1. The third-order valence-corrected chi connectivity index (χ3v) is 4.20. The number of benzene rings is 3. The molecule has 0 aliphatic rings. The van der Waals surface area contributed by atoms with E-state index in [1.165, 1.54) is 0 Å². The fourth-order valence-electron chi connectivity index (χ4n) is 2.36. The highest BCUT2D eigenvalue weighted by Crippen LogP contribution is 2.25. The lowest BCUT2D eigenvalue weighted by molar-refractivity contribution is 0.306. The molecule has 0 heterocycles. The molecule has 23 heavy (non-hydrogen) atoms. The predicted octanol–water partition coefficient (Wildman–Crippen LogP) is 4.51. The van der Waals surface area contributed by atoms with Crippen LogP contribution in [0.5, 0.6) is 5.75 Å². The lowest BCUT2D eigenvalue weighted by Crippen LogP contribution is -1.98. The van der Waals surface area contributed by atoms with E-state index in [1.54, 1.807) is 24.3 Å². The smallest absolute Gasteiger partial charge is 0.186 e. The Morgan fingerprint density at radius 1 is 0.826 bits per heavy atom. The van der Waals surface area contributed by atoms with Crippen LogP contribution in [0.2, 0.25) is 0 Å². The molecule has 0 saturated heterocycles. The second kappa shape index (κ2) is 7.22. The summed E-state index contributed by atoms with van der Waals surface area (Å²) in [6, 6.07) is 24.9. The van der Waals surface area contributed by atoms with Crippen molar-refractivity contribution in [2.24, 2.45) is 0 Å². The summed E-state index contributed by atoms with van der Waals surface area (Å²) in [5.74, 6) is 0.669. The minimum Gasteiger partial charge on any atom is -0.489 e. The molecule has 1 N–H and O–H groups in total. The van der Waals surface area contributed by atoms with E-state index in [9.17, 15) is 4.21 Å². The fourth-order valence-corrected chi connectivity index (χ4v) is 2.73. The Morgan fingerprint density at radius 2 is 1.48 bits per heavy atom. The van der Waals surface area contributed by atoms with E-state index in [2.05, 4.69) is 18.2 Å². The Hall–Kier alpha value is -2.43. The van der Waals surface area contributed by atoms with Gasteiger partial charge < -0.3 is 9.29 Å². The van der Waals surface area contributed by atoms with Crippen molar-refractivity contribution >= 4 is 11.1 Å². The Bertz CT molecular complexity index is 798. The van der Waals surface area contributed by atoms with Crippen molar-refractivity contribution in [3.63, 3.8) is 0 Å². The van der Waals surface area contributed by atoms with Gasteiger partial charge in [-0.2, -0.15) is 0 Å². The standard InChI is InChI=1S/C19H16O3S/c20-23(21)18-12-10-17(11-13-18)22-14-16-8-4-5-9-19(16)15-6-2-1-3-7-15/h1-13H,14H2,(H,20,21). The maximum absolute atomic E-state index is 11.0. The van der Waals surface area contributed by atoms with Crippen LogP contribution in [0, 0.1) is 0 Å². The summed E-state index contributed by atoms with van der Waals surface area (Å²) < 4.78 is 25.8. The number of hydrogen-bond donors (Lipinski definition) is 1. The molecule has 3 nitrogen and oxygen atoms in total. The lowest BCUT2D eigenvalue weighted by Gasteiger charge is -2.11. The van der Waals surface area contributed by atoms with Crippen molar-refractivity contribution < 1.29 is 13.5 Å². The average Bonchev–Trinajstić information content (AvgIpc) is 2.61. The Morgan fingerprint density at radius 3 is 2.17 bits per heavy atom. The van der Waals surface area contributed by atoms with Crippen molar-refractivity contribution in [1.82, 2.24) is 0 Å². The van der Waals surface area contributed by atoms with Crippen LogP contribution in [-0.2, 0) is 17.7 Å². The minimum absolute atomic E-state index is 0.363. The molecule has 0 saturated carbocycles. The summed E-state index contributed by atoms with van der Waals surface area (Å²) in [5, 5.41) is 0. The summed E-state index contributed by atoms with van der Waals surface area (Å²) in [6.45, 7) is 0.437. The summed E-state index contributed by atoms with van der Waals surface area (Å²) in [7, 11) is 0. The maximum atomic E-state index is 11.0. The molecule has 0 aromatic heterocycles. The molecule has 0 aliphatic heterocycles. The van der Waals surface area contributed by atoms with E-state index in [1.807, 2.05) is 36.4 Å². The van der Waals surface area contributed by atoms with Crippen LogP contribution in [0.1, 0.15) is 5.56 Å². The van der Waals surface area contributed by atoms with Gasteiger partial charge in [-0.15, -0.1) is 0 Å². The van der Waals surface area contributed by atoms with Crippen LogP contribution < -0.4 is 4.74 Å². The summed E-state index contributed by atoms with van der Waals surface area (Å²) in [6.07, 6.45) is 0. The zero-order chi connectivity index (χ0) is 16.1. The summed E-state index contributed by atoms with van der Waals surface area (Å²) in [4.78, 5) is 0.363. The third kappa shape index (κ3) is 3.86. The van der Waals surface area contributed by atoms with Gasteiger partial charge in [0.25, 0.3) is 0 Å². The van der Waals surface area contributed by atoms with Gasteiger partial charge in [0.2, 0.25) is 0 Å². The van der Waals surface area contributed by atoms with Crippen molar-refractivity contribution in [1.29, 1.82) is 0 Å². The highest BCUT2D eigenvalue weighted by atomic mass is 32.2. The molecule has 0 radical (unpaired) electrons. The average molecular weight is 324 g/mol. The van der Waals surface area contributed by atoms with Gasteiger partial charge in [0.05, 0.1) is 4.90 Å². The molecule has 0 spiro atoms. The lowest BCUT2D eigenvalue weighted by atomic mass is 10.0. The van der Waals surface area contributed by atoms with Crippen molar-refractivity contribution in [3.8, 4) is 16.9 Å². The van der Waals surface area contributed by atoms with E-state index in [-0.39, 0.29) is 0 Å². The molecule has 4 heteroatoms. The molecule has 3 aromatic rings. The predicted molar refractivity (Wildman–Crippen MR) is 91.7 cm³/mol. The molecule has 116 valence electrons. The van der Waals surface area contributed by atoms with Crippen molar-refractivity contribution in [3.05, 3.63) is 84.4 Å². The maximum Gasteiger partial charge on any atom is 0.186 e. The first kappa shape index (κ1) is 15.5. The Balaban J connectivity index is 1.77. The van der Waals surface area contributed by atoms with E-state index in [4.69, 9.17) is 9.29 Å². The van der Waals surface area contributed by atoms with Crippen molar-refractivity contribution in [2.45, 2.75) is 11.5 Å². The Kier molecular flexibility index (Phi) is 4.86. The largest absolute Gasteiger partial charge is 0.489 e. The molecule has 0 bridgehead atoms. The van der Waals surface area contributed by atoms with Crippen LogP contribution in [0.4, 0.5) is 0 Å². The SMILES string of the molecule is O=S(O)c1ccc(OCc2ccccc2-c2ccccc2)cc1. The molecule has 0 fully saturated rings. The molecule has 3 rings (SSSR count). The second-order valence-electron chi connectivity index (χ2n) is 5.03.